The fourth-order valence-electron chi connectivity index (χ4n) is 1.84. The molecule has 2 aromatic rings. The van der Waals surface area contributed by atoms with Gasteiger partial charge >= 0.3 is 0 Å². The normalized spacial score (nSPS) is 10.5. The first-order chi connectivity index (χ1) is 11.1. The maximum Gasteiger partial charge on any atom is 0.275 e. The molecule has 0 saturated carbocycles. The second-order valence-corrected chi connectivity index (χ2v) is 4.48. The van der Waals surface area contributed by atoms with E-state index in [4.69, 9.17) is 4.74 Å². The Bertz CT molecular complexity index is 726. The smallest absolute Gasteiger partial charge is 0.275 e. The minimum absolute atomic E-state index is 0.00294. The summed E-state index contributed by atoms with van der Waals surface area (Å²) in [7, 11) is 0. The van der Waals surface area contributed by atoms with E-state index in [9.17, 15) is 14.9 Å². The molecule has 7 heteroatoms. The molecule has 0 atom stereocenters. The first kappa shape index (κ1) is 16.2. The molecule has 2 rings (SSSR count). The van der Waals surface area contributed by atoms with Crippen molar-refractivity contribution in [1.82, 2.24) is 5.43 Å². The topological polar surface area (TPSA) is 93.8 Å². The molecule has 1 N–H and O–H groups in total. The van der Waals surface area contributed by atoms with E-state index in [1.807, 2.05) is 6.92 Å². The van der Waals surface area contributed by atoms with Crippen molar-refractivity contribution >= 4 is 17.8 Å². The van der Waals surface area contributed by atoms with E-state index < -0.39 is 10.8 Å². The Labute approximate surface area is 132 Å². The van der Waals surface area contributed by atoms with Crippen molar-refractivity contribution in [2.75, 3.05) is 6.61 Å². The number of amides is 1. The van der Waals surface area contributed by atoms with Gasteiger partial charge in [0.1, 0.15) is 5.75 Å². The Morgan fingerprint density at radius 3 is 2.61 bits per heavy atom. The molecular weight excluding hydrogens is 298 g/mol. The van der Waals surface area contributed by atoms with Crippen LogP contribution >= 0.6 is 0 Å². The van der Waals surface area contributed by atoms with Gasteiger partial charge in [0, 0.05) is 12.1 Å². The molecule has 0 fully saturated rings. The molecule has 0 aliphatic heterocycles. The third kappa shape index (κ3) is 4.37. The van der Waals surface area contributed by atoms with E-state index in [2.05, 4.69) is 10.5 Å². The van der Waals surface area contributed by atoms with Crippen LogP contribution in [0.25, 0.3) is 0 Å². The van der Waals surface area contributed by atoms with Crippen molar-refractivity contribution in [1.29, 1.82) is 0 Å². The van der Waals surface area contributed by atoms with Crippen LogP contribution in [0.3, 0.4) is 0 Å². The summed E-state index contributed by atoms with van der Waals surface area (Å²) in [5.74, 6) is 0.0882. The number of carbonyl (C=O) groups is 1. The van der Waals surface area contributed by atoms with Crippen LogP contribution in [0.2, 0.25) is 0 Å². The van der Waals surface area contributed by atoms with Gasteiger partial charge in [-0.1, -0.05) is 12.1 Å². The Morgan fingerprint density at radius 1 is 1.26 bits per heavy atom. The molecule has 0 saturated heterocycles. The third-order valence-electron chi connectivity index (χ3n) is 2.92. The summed E-state index contributed by atoms with van der Waals surface area (Å²) in [6.45, 7) is 2.29. The predicted molar refractivity (Wildman–Crippen MR) is 85.8 cm³/mol. The first-order valence-corrected chi connectivity index (χ1v) is 6.91. The van der Waals surface area contributed by atoms with Crippen molar-refractivity contribution in [3.8, 4) is 5.75 Å². The molecule has 0 aromatic heterocycles. The third-order valence-corrected chi connectivity index (χ3v) is 2.92. The second kappa shape index (κ2) is 7.69. The lowest BCUT2D eigenvalue weighted by atomic mass is 10.2. The van der Waals surface area contributed by atoms with Crippen LogP contribution in [0.15, 0.2) is 53.6 Å². The number of hydrogen-bond acceptors (Lipinski definition) is 5. The molecule has 7 nitrogen and oxygen atoms in total. The summed E-state index contributed by atoms with van der Waals surface area (Å²) in [5.41, 5.74) is 3.42. The number of carbonyl (C=O) groups excluding carboxylic acids is 1. The Hall–Kier alpha value is -3.22. The van der Waals surface area contributed by atoms with Crippen LogP contribution in [-0.4, -0.2) is 23.7 Å². The fourth-order valence-corrected chi connectivity index (χ4v) is 1.84. The van der Waals surface area contributed by atoms with Gasteiger partial charge in [0.05, 0.1) is 23.3 Å². The minimum Gasteiger partial charge on any atom is -0.493 e. The number of ether oxygens (including phenoxy) is 1. The van der Waals surface area contributed by atoms with E-state index in [1.165, 1.54) is 18.3 Å². The second-order valence-electron chi connectivity index (χ2n) is 4.48. The predicted octanol–water partition coefficient (Wildman–Crippen LogP) is 2.76. The summed E-state index contributed by atoms with van der Waals surface area (Å²) in [5, 5.41) is 14.4. The first-order valence-electron chi connectivity index (χ1n) is 6.91. The Kier molecular flexibility index (Phi) is 5.40. The molecule has 118 valence electrons. The maximum absolute atomic E-state index is 12.1. The molecule has 23 heavy (non-hydrogen) atoms. The zero-order valence-corrected chi connectivity index (χ0v) is 12.4. The average Bonchev–Trinajstić information content (AvgIpc) is 2.56. The number of hydrazone groups is 1. The Morgan fingerprint density at radius 2 is 1.96 bits per heavy atom. The molecule has 0 aliphatic rings. The van der Waals surface area contributed by atoms with E-state index >= 15 is 0 Å². The minimum atomic E-state index is -0.479. The molecule has 0 aliphatic carbocycles. The number of nitro benzene ring substituents is 1. The monoisotopic (exact) mass is 313 g/mol. The van der Waals surface area contributed by atoms with Gasteiger partial charge in [0.15, 0.2) is 0 Å². The highest BCUT2D eigenvalue weighted by Gasteiger charge is 2.10. The number of para-hydroxylation sites is 1. The molecular formula is C16H15N3O4. The summed E-state index contributed by atoms with van der Waals surface area (Å²) in [6, 6.07) is 12.7. The van der Waals surface area contributed by atoms with Crippen LogP contribution in [0.4, 0.5) is 5.69 Å². The number of nitrogens with one attached hydrogen (secondary N) is 1. The summed E-state index contributed by atoms with van der Waals surface area (Å²) in [4.78, 5) is 22.2. The maximum atomic E-state index is 12.1. The van der Waals surface area contributed by atoms with Crippen LogP contribution in [-0.2, 0) is 0 Å². The van der Waals surface area contributed by atoms with E-state index in [0.717, 1.165) is 0 Å². The van der Waals surface area contributed by atoms with Gasteiger partial charge in [-0.2, -0.15) is 5.10 Å². The number of rotatable bonds is 6. The zero-order chi connectivity index (χ0) is 16.7. The highest BCUT2D eigenvalue weighted by Crippen LogP contribution is 2.17. The molecule has 0 heterocycles. The summed E-state index contributed by atoms with van der Waals surface area (Å²) in [6.07, 6.45) is 1.41. The SMILES string of the molecule is CCOc1ccccc1C(=O)NN=Cc1ccc([N+](=O)[O-])cc1. The highest BCUT2D eigenvalue weighted by atomic mass is 16.6. The molecule has 0 spiro atoms. The van der Waals surface area contributed by atoms with Crippen LogP contribution in [0.5, 0.6) is 5.75 Å². The van der Waals surface area contributed by atoms with Crippen molar-refractivity contribution in [3.63, 3.8) is 0 Å². The van der Waals surface area contributed by atoms with Gasteiger partial charge in [-0.05, 0) is 36.8 Å². The molecule has 0 bridgehead atoms. The largest absolute Gasteiger partial charge is 0.493 e. The van der Waals surface area contributed by atoms with Crippen molar-refractivity contribution in [2.24, 2.45) is 5.10 Å². The van der Waals surface area contributed by atoms with Crippen molar-refractivity contribution < 1.29 is 14.5 Å². The fraction of sp³-hybridized carbons (Fsp3) is 0.125. The zero-order valence-electron chi connectivity index (χ0n) is 12.4. The van der Waals surface area contributed by atoms with Gasteiger partial charge in [-0.15, -0.1) is 0 Å². The molecule has 0 radical (unpaired) electrons. The summed E-state index contributed by atoms with van der Waals surface area (Å²) >= 11 is 0. The van der Waals surface area contributed by atoms with Crippen molar-refractivity contribution in [2.45, 2.75) is 6.92 Å². The van der Waals surface area contributed by atoms with E-state index in [1.54, 1.807) is 36.4 Å². The van der Waals surface area contributed by atoms with Crippen LogP contribution in [0.1, 0.15) is 22.8 Å². The van der Waals surface area contributed by atoms with Gasteiger partial charge in [-0.3, -0.25) is 14.9 Å². The molecule has 2 aromatic carbocycles. The lowest BCUT2D eigenvalue weighted by Crippen LogP contribution is -2.18. The average molecular weight is 313 g/mol. The number of benzene rings is 2. The lowest BCUT2D eigenvalue weighted by molar-refractivity contribution is -0.384. The summed E-state index contributed by atoms with van der Waals surface area (Å²) < 4.78 is 5.38. The Balaban J connectivity index is 2.02. The number of nitrogens with zero attached hydrogens (tertiary/aromatic N) is 2. The van der Waals surface area contributed by atoms with Gasteiger partial charge in [-0.25, -0.2) is 5.43 Å². The van der Waals surface area contributed by atoms with Crippen molar-refractivity contribution in [3.05, 3.63) is 69.8 Å². The number of non-ortho nitro benzene ring substituents is 1. The van der Waals surface area contributed by atoms with E-state index in [0.29, 0.717) is 23.5 Å². The van der Waals surface area contributed by atoms with Crippen LogP contribution < -0.4 is 10.2 Å². The number of hydrogen-bond donors (Lipinski definition) is 1. The highest BCUT2D eigenvalue weighted by molar-refractivity contribution is 5.97. The molecule has 0 unspecified atom stereocenters. The van der Waals surface area contributed by atoms with Crippen LogP contribution in [0, 0.1) is 10.1 Å². The lowest BCUT2D eigenvalue weighted by Gasteiger charge is -2.08. The number of nitro groups is 1. The van der Waals surface area contributed by atoms with Gasteiger partial charge in [0.2, 0.25) is 0 Å². The quantitative estimate of drug-likeness (QED) is 0.504. The standard InChI is InChI=1S/C16H15N3O4/c1-2-23-15-6-4-3-5-14(15)16(20)18-17-11-12-7-9-13(10-8-12)19(21)22/h3-11H,2H2,1H3,(H,18,20). The van der Waals surface area contributed by atoms with E-state index in [-0.39, 0.29) is 5.69 Å². The van der Waals surface area contributed by atoms with Gasteiger partial charge < -0.3 is 4.74 Å². The van der Waals surface area contributed by atoms with Gasteiger partial charge in [0.25, 0.3) is 11.6 Å². The molecule has 1 amide bonds.